The number of amides is 1. The number of hydrogen-bond donors (Lipinski definition) is 2. The second-order valence-electron chi connectivity index (χ2n) is 7.05. The van der Waals surface area contributed by atoms with Crippen molar-refractivity contribution in [3.05, 3.63) is 64.1 Å². The van der Waals surface area contributed by atoms with Crippen LogP contribution in [0.1, 0.15) is 18.4 Å². The number of anilines is 2. The van der Waals surface area contributed by atoms with Crippen LogP contribution in [0.4, 0.5) is 11.5 Å². The van der Waals surface area contributed by atoms with Gasteiger partial charge in [0.1, 0.15) is 0 Å². The lowest BCUT2D eigenvalue weighted by Crippen LogP contribution is -2.15. The average Bonchev–Trinajstić information content (AvgIpc) is 2.80. The molecule has 0 aliphatic heterocycles. The van der Waals surface area contributed by atoms with Gasteiger partial charge in [-0.15, -0.1) is 0 Å². The number of benzene rings is 2. The molecule has 9 nitrogen and oxygen atoms in total. The summed E-state index contributed by atoms with van der Waals surface area (Å²) in [5.74, 6) is -0.0678. The van der Waals surface area contributed by atoms with Gasteiger partial charge < -0.3 is 14.8 Å². The number of aryl methyl sites for hydroxylation is 1. The predicted molar refractivity (Wildman–Crippen MR) is 130 cm³/mol. The standard InChI is InChI=1S/C22H22Cl2N4O5S/c1-32-21-13-19(26-22(27-21)33-2)28-34(30,31)17-10-8-16(9-11-17)25-20(29)5-3-4-14-6-7-15(23)12-18(14)24/h6-13H,3-5H2,1-2H3,(H,25,29)(H,26,27,28). The lowest BCUT2D eigenvalue weighted by molar-refractivity contribution is -0.116. The monoisotopic (exact) mass is 524 g/mol. The highest BCUT2D eigenvalue weighted by atomic mass is 35.5. The van der Waals surface area contributed by atoms with Gasteiger partial charge in [0.15, 0.2) is 5.82 Å². The largest absolute Gasteiger partial charge is 0.481 e. The molecule has 0 saturated carbocycles. The lowest BCUT2D eigenvalue weighted by atomic mass is 10.1. The number of aromatic nitrogens is 2. The maximum absolute atomic E-state index is 12.7. The van der Waals surface area contributed by atoms with E-state index < -0.39 is 10.0 Å². The highest BCUT2D eigenvalue weighted by Gasteiger charge is 2.17. The van der Waals surface area contributed by atoms with E-state index in [1.54, 1.807) is 12.1 Å². The number of nitrogens with one attached hydrogen (secondary N) is 2. The van der Waals surface area contributed by atoms with E-state index in [2.05, 4.69) is 20.0 Å². The molecular weight excluding hydrogens is 503 g/mol. The molecule has 3 aromatic rings. The van der Waals surface area contributed by atoms with E-state index in [0.29, 0.717) is 28.6 Å². The summed E-state index contributed by atoms with van der Waals surface area (Å²) in [5.41, 5.74) is 1.39. The van der Waals surface area contributed by atoms with Crippen LogP contribution in [0.5, 0.6) is 11.9 Å². The summed E-state index contributed by atoms with van der Waals surface area (Å²) in [6.45, 7) is 0. The van der Waals surface area contributed by atoms with Crippen molar-refractivity contribution in [2.75, 3.05) is 24.3 Å². The molecule has 2 N–H and O–H groups in total. The van der Waals surface area contributed by atoms with Crippen LogP contribution in [0, 0.1) is 0 Å². The van der Waals surface area contributed by atoms with Gasteiger partial charge >= 0.3 is 6.01 Å². The molecule has 2 aromatic carbocycles. The molecule has 0 atom stereocenters. The predicted octanol–water partition coefficient (Wildman–Crippen LogP) is 4.56. The van der Waals surface area contributed by atoms with Crippen LogP contribution in [-0.4, -0.2) is 38.5 Å². The quantitative estimate of drug-likeness (QED) is 0.398. The van der Waals surface area contributed by atoms with Gasteiger partial charge in [-0.1, -0.05) is 29.3 Å². The third-order valence-corrected chi connectivity index (χ3v) is 6.58. The van der Waals surface area contributed by atoms with Crippen LogP contribution in [0.15, 0.2) is 53.4 Å². The van der Waals surface area contributed by atoms with Gasteiger partial charge in [0, 0.05) is 28.2 Å². The number of sulfonamides is 1. The number of hydrogen-bond acceptors (Lipinski definition) is 7. The Bertz CT molecular complexity index is 1250. The Morgan fingerprint density at radius 3 is 2.38 bits per heavy atom. The molecule has 34 heavy (non-hydrogen) atoms. The fraction of sp³-hybridized carbons (Fsp3) is 0.227. The van der Waals surface area contributed by atoms with Gasteiger partial charge in [-0.3, -0.25) is 9.52 Å². The number of carbonyl (C=O) groups is 1. The maximum atomic E-state index is 12.7. The molecule has 0 aliphatic carbocycles. The number of carbonyl (C=O) groups excluding carboxylic acids is 1. The van der Waals surface area contributed by atoms with Crippen molar-refractivity contribution >= 4 is 50.6 Å². The lowest BCUT2D eigenvalue weighted by Gasteiger charge is -2.10. The first-order chi connectivity index (χ1) is 16.2. The average molecular weight is 525 g/mol. The fourth-order valence-corrected chi connectivity index (χ4v) is 4.45. The third-order valence-electron chi connectivity index (χ3n) is 4.63. The maximum Gasteiger partial charge on any atom is 0.321 e. The van der Waals surface area contributed by atoms with Gasteiger partial charge in [0.2, 0.25) is 11.8 Å². The topological polar surface area (TPSA) is 120 Å². The minimum atomic E-state index is -3.95. The number of halogens is 2. The summed E-state index contributed by atoms with van der Waals surface area (Å²) in [6, 6.07) is 12.3. The molecule has 0 bridgehead atoms. The molecule has 1 aromatic heterocycles. The van der Waals surface area contributed by atoms with Crippen LogP contribution in [0.3, 0.4) is 0 Å². The Kier molecular flexibility index (Phi) is 8.54. The van der Waals surface area contributed by atoms with Crippen molar-refractivity contribution in [3.8, 4) is 11.9 Å². The molecule has 0 aliphatic rings. The zero-order chi connectivity index (χ0) is 24.7. The first kappa shape index (κ1) is 25.5. The van der Waals surface area contributed by atoms with E-state index in [-0.39, 0.29) is 34.9 Å². The van der Waals surface area contributed by atoms with Crippen LogP contribution >= 0.6 is 23.2 Å². The molecule has 1 amide bonds. The van der Waals surface area contributed by atoms with Gasteiger partial charge in [0.05, 0.1) is 19.1 Å². The van der Waals surface area contributed by atoms with E-state index in [4.69, 9.17) is 32.7 Å². The zero-order valence-corrected chi connectivity index (χ0v) is 20.7. The zero-order valence-electron chi connectivity index (χ0n) is 18.3. The van der Waals surface area contributed by atoms with Crippen LogP contribution < -0.4 is 19.5 Å². The Hall–Kier alpha value is -3.08. The second-order valence-corrected chi connectivity index (χ2v) is 9.58. The molecule has 0 fully saturated rings. The summed E-state index contributed by atoms with van der Waals surface area (Å²) in [4.78, 5) is 20.1. The Morgan fingerprint density at radius 1 is 1.00 bits per heavy atom. The number of methoxy groups -OCH3 is 2. The summed E-state index contributed by atoms with van der Waals surface area (Å²) < 4.78 is 37.7. The Morgan fingerprint density at radius 2 is 1.74 bits per heavy atom. The van der Waals surface area contributed by atoms with Gasteiger partial charge in [-0.2, -0.15) is 9.97 Å². The minimum Gasteiger partial charge on any atom is -0.481 e. The number of nitrogens with zero attached hydrogens (tertiary/aromatic N) is 2. The van der Waals surface area contributed by atoms with Crippen molar-refractivity contribution in [3.63, 3.8) is 0 Å². The van der Waals surface area contributed by atoms with Gasteiger partial charge in [-0.25, -0.2) is 8.42 Å². The summed E-state index contributed by atoms with van der Waals surface area (Å²) in [7, 11) is -1.20. The Balaban J connectivity index is 1.58. The van der Waals surface area contributed by atoms with E-state index >= 15 is 0 Å². The molecule has 3 rings (SSSR count). The van der Waals surface area contributed by atoms with Crippen LogP contribution in [0.2, 0.25) is 10.0 Å². The normalized spacial score (nSPS) is 11.1. The van der Waals surface area contributed by atoms with Crippen molar-refractivity contribution in [2.45, 2.75) is 24.2 Å². The van der Waals surface area contributed by atoms with E-state index in [1.807, 2.05) is 6.07 Å². The van der Waals surface area contributed by atoms with Crippen LogP contribution in [0.25, 0.3) is 0 Å². The van der Waals surface area contributed by atoms with E-state index in [1.165, 1.54) is 44.6 Å². The molecule has 0 radical (unpaired) electrons. The molecule has 0 saturated heterocycles. The molecule has 0 unspecified atom stereocenters. The van der Waals surface area contributed by atoms with E-state index in [9.17, 15) is 13.2 Å². The third kappa shape index (κ3) is 6.96. The van der Waals surface area contributed by atoms with Crippen molar-refractivity contribution < 1.29 is 22.7 Å². The van der Waals surface area contributed by atoms with Crippen molar-refractivity contribution in [1.82, 2.24) is 9.97 Å². The SMILES string of the molecule is COc1cc(NS(=O)(=O)c2ccc(NC(=O)CCCc3ccc(Cl)cc3Cl)cc2)nc(OC)n1. The van der Waals surface area contributed by atoms with Gasteiger partial charge in [-0.05, 0) is 54.8 Å². The molecule has 180 valence electrons. The first-order valence-electron chi connectivity index (χ1n) is 10.0. The van der Waals surface area contributed by atoms with E-state index in [0.717, 1.165) is 5.56 Å². The minimum absolute atomic E-state index is 0.0122. The van der Waals surface area contributed by atoms with Gasteiger partial charge in [0.25, 0.3) is 10.0 Å². The molecular formula is C22H22Cl2N4O5S. The highest BCUT2D eigenvalue weighted by Crippen LogP contribution is 2.23. The number of rotatable bonds is 10. The fourth-order valence-electron chi connectivity index (χ4n) is 2.95. The summed E-state index contributed by atoms with van der Waals surface area (Å²) >= 11 is 12.0. The van der Waals surface area contributed by atoms with Crippen molar-refractivity contribution in [1.29, 1.82) is 0 Å². The summed E-state index contributed by atoms with van der Waals surface area (Å²) in [5, 5.41) is 3.87. The second kappa shape index (κ2) is 11.4. The Labute approximate surface area is 207 Å². The summed E-state index contributed by atoms with van der Waals surface area (Å²) in [6.07, 6.45) is 1.50. The first-order valence-corrected chi connectivity index (χ1v) is 12.3. The molecule has 1 heterocycles. The highest BCUT2D eigenvalue weighted by molar-refractivity contribution is 7.92. The smallest absolute Gasteiger partial charge is 0.321 e. The van der Waals surface area contributed by atoms with Crippen LogP contribution in [-0.2, 0) is 21.2 Å². The number of ether oxygens (including phenoxy) is 2. The molecule has 0 spiro atoms. The molecule has 12 heteroatoms. The van der Waals surface area contributed by atoms with Crippen molar-refractivity contribution in [2.24, 2.45) is 0 Å².